The minimum absolute atomic E-state index is 0.206. The van der Waals surface area contributed by atoms with Crippen LogP contribution < -0.4 is 5.32 Å². The smallest absolute Gasteiger partial charge is 0.161 e. The highest BCUT2D eigenvalue weighted by Crippen LogP contribution is 2.16. The maximum Gasteiger partial charge on any atom is 0.161 e. The summed E-state index contributed by atoms with van der Waals surface area (Å²) in [5.41, 5.74) is 0.206. The van der Waals surface area contributed by atoms with Crippen LogP contribution in [0.15, 0.2) is 12.1 Å². The molecular formula is C13H15ClN6. The average molecular weight is 291 g/mol. The van der Waals surface area contributed by atoms with Gasteiger partial charge in [-0.05, 0) is 12.1 Å². The molecule has 2 aromatic heterocycles. The molecule has 0 aliphatic heterocycles. The Kier molecular flexibility index (Phi) is 4.20. The van der Waals surface area contributed by atoms with Gasteiger partial charge < -0.3 is 9.88 Å². The lowest BCUT2D eigenvalue weighted by Gasteiger charge is -2.08. The van der Waals surface area contributed by atoms with E-state index >= 15 is 0 Å². The third kappa shape index (κ3) is 2.89. The first-order valence-corrected chi connectivity index (χ1v) is 6.59. The monoisotopic (exact) mass is 290 g/mol. The molecule has 0 radical (unpaired) electrons. The first kappa shape index (κ1) is 14.3. The molecule has 0 bridgehead atoms. The van der Waals surface area contributed by atoms with Gasteiger partial charge in [0, 0.05) is 13.0 Å². The Labute approximate surface area is 122 Å². The van der Waals surface area contributed by atoms with Gasteiger partial charge in [0.05, 0.1) is 11.6 Å². The van der Waals surface area contributed by atoms with E-state index in [1.165, 1.54) is 0 Å². The second-order valence-corrected chi connectivity index (χ2v) is 5.09. The molecule has 2 aromatic rings. The quantitative estimate of drug-likeness (QED) is 0.935. The van der Waals surface area contributed by atoms with Crippen LogP contribution in [-0.4, -0.2) is 19.7 Å². The molecule has 0 saturated heterocycles. The van der Waals surface area contributed by atoms with Gasteiger partial charge in [-0.3, -0.25) is 0 Å². The normalized spacial score (nSPS) is 10.6. The van der Waals surface area contributed by atoms with Crippen molar-refractivity contribution in [2.45, 2.75) is 26.3 Å². The van der Waals surface area contributed by atoms with Gasteiger partial charge >= 0.3 is 0 Å². The minimum atomic E-state index is 0.206. The standard InChI is InChI=1S/C13H15ClN6/c1-8(2)13-19-18-12(20(13)3)7-16-11-5-4-9(14)10(6-15)17-11/h4-5,8H,7H2,1-3H3,(H,16,17). The van der Waals surface area contributed by atoms with Crippen molar-refractivity contribution in [3.63, 3.8) is 0 Å². The van der Waals surface area contributed by atoms with Crippen LogP contribution in [0.25, 0.3) is 0 Å². The van der Waals surface area contributed by atoms with Crippen molar-refractivity contribution >= 4 is 17.4 Å². The van der Waals surface area contributed by atoms with Crippen LogP contribution in [0.3, 0.4) is 0 Å². The topological polar surface area (TPSA) is 79.4 Å². The van der Waals surface area contributed by atoms with Gasteiger partial charge in [-0.1, -0.05) is 25.4 Å². The molecule has 2 rings (SSSR count). The molecule has 0 amide bonds. The average Bonchev–Trinajstić information content (AvgIpc) is 2.79. The highest BCUT2D eigenvalue weighted by atomic mass is 35.5. The van der Waals surface area contributed by atoms with Crippen molar-refractivity contribution in [1.29, 1.82) is 5.26 Å². The number of aromatic nitrogens is 4. The maximum absolute atomic E-state index is 8.89. The second kappa shape index (κ2) is 5.88. The molecule has 7 heteroatoms. The zero-order valence-corrected chi connectivity index (χ0v) is 12.3. The van der Waals surface area contributed by atoms with Crippen molar-refractivity contribution in [2.24, 2.45) is 7.05 Å². The van der Waals surface area contributed by atoms with Crippen LogP contribution in [-0.2, 0) is 13.6 Å². The summed E-state index contributed by atoms with van der Waals surface area (Å²) in [6.45, 7) is 4.62. The van der Waals surface area contributed by atoms with E-state index in [1.54, 1.807) is 12.1 Å². The summed E-state index contributed by atoms with van der Waals surface area (Å²) in [6.07, 6.45) is 0. The number of hydrogen-bond acceptors (Lipinski definition) is 5. The number of anilines is 1. The van der Waals surface area contributed by atoms with Crippen LogP contribution in [0.2, 0.25) is 5.02 Å². The molecule has 0 saturated carbocycles. The lowest BCUT2D eigenvalue weighted by Crippen LogP contribution is -2.09. The molecule has 2 heterocycles. The van der Waals surface area contributed by atoms with E-state index in [1.807, 2.05) is 17.7 Å². The fraction of sp³-hybridized carbons (Fsp3) is 0.385. The van der Waals surface area contributed by atoms with E-state index in [0.717, 1.165) is 11.6 Å². The van der Waals surface area contributed by atoms with Gasteiger partial charge in [-0.15, -0.1) is 10.2 Å². The Balaban J connectivity index is 2.11. The fourth-order valence-corrected chi connectivity index (χ4v) is 1.97. The molecule has 0 aromatic carbocycles. The van der Waals surface area contributed by atoms with Crippen molar-refractivity contribution in [3.05, 3.63) is 34.5 Å². The van der Waals surface area contributed by atoms with Crippen LogP contribution >= 0.6 is 11.6 Å². The van der Waals surface area contributed by atoms with E-state index in [9.17, 15) is 0 Å². The van der Waals surface area contributed by atoms with Crippen molar-refractivity contribution < 1.29 is 0 Å². The molecule has 0 atom stereocenters. The van der Waals surface area contributed by atoms with Gasteiger partial charge in [-0.25, -0.2) is 4.98 Å². The van der Waals surface area contributed by atoms with Crippen LogP contribution in [0.4, 0.5) is 5.82 Å². The number of nitrogens with zero attached hydrogens (tertiary/aromatic N) is 5. The molecular weight excluding hydrogens is 276 g/mol. The molecule has 0 spiro atoms. The number of nitriles is 1. The van der Waals surface area contributed by atoms with Crippen LogP contribution in [0.5, 0.6) is 0 Å². The van der Waals surface area contributed by atoms with Crippen LogP contribution in [0, 0.1) is 11.3 Å². The molecule has 1 N–H and O–H groups in total. The third-order valence-electron chi connectivity index (χ3n) is 2.89. The Morgan fingerprint density at radius 2 is 2.15 bits per heavy atom. The predicted molar refractivity (Wildman–Crippen MR) is 76.4 cm³/mol. The highest BCUT2D eigenvalue weighted by molar-refractivity contribution is 6.31. The molecule has 6 nitrogen and oxygen atoms in total. The lowest BCUT2D eigenvalue weighted by molar-refractivity contribution is 0.692. The predicted octanol–water partition coefficient (Wildman–Crippen LogP) is 2.47. The summed E-state index contributed by atoms with van der Waals surface area (Å²) in [4.78, 5) is 4.12. The molecule has 0 unspecified atom stereocenters. The first-order valence-electron chi connectivity index (χ1n) is 6.21. The Bertz CT molecular complexity index is 655. The number of hydrogen-bond donors (Lipinski definition) is 1. The summed E-state index contributed by atoms with van der Waals surface area (Å²) in [6, 6.07) is 5.32. The largest absolute Gasteiger partial charge is 0.363 e. The summed E-state index contributed by atoms with van der Waals surface area (Å²) in [7, 11) is 1.93. The van der Waals surface area contributed by atoms with Gasteiger partial charge in [-0.2, -0.15) is 5.26 Å². The number of pyridine rings is 1. The summed E-state index contributed by atoms with van der Waals surface area (Å²) < 4.78 is 1.96. The van der Waals surface area contributed by atoms with Crippen molar-refractivity contribution in [3.8, 4) is 6.07 Å². The van der Waals surface area contributed by atoms with Crippen molar-refractivity contribution in [1.82, 2.24) is 19.7 Å². The maximum atomic E-state index is 8.89. The van der Waals surface area contributed by atoms with Gasteiger partial charge in [0.25, 0.3) is 0 Å². The highest BCUT2D eigenvalue weighted by Gasteiger charge is 2.11. The van der Waals surface area contributed by atoms with Crippen molar-refractivity contribution in [2.75, 3.05) is 5.32 Å². The summed E-state index contributed by atoms with van der Waals surface area (Å²) in [5, 5.41) is 20.6. The SMILES string of the molecule is CC(C)c1nnc(CNc2ccc(Cl)c(C#N)n2)n1C. The second-order valence-electron chi connectivity index (χ2n) is 4.68. The van der Waals surface area contributed by atoms with E-state index in [0.29, 0.717) is 23.3 Å². The van der Waals surface area contributed by atoms with E-state index in [2.05, 4.69) is 34.3 Å². The van der Waals surface area contributed by atoms with E-state index in [-0.39, 0.29) is 5.69 Å². The summed E-state index contributed by atoms with van der Waals surface area (Å²) >= 11 is 5.84. The van der Waals surface area contributed by atoms with E-state index in [4.69, 9.17) is 16.9 Å². The third-order valence-corrected chi connectivity index (χ3v) is 3.20. The lowest BCUT2D eigenvalue weighted by atomic mass is 10.2. The zero-order valence-electron chi connectivity index (χ0n) is 11.6. The number of rotatable bonds is 4. The number of nitrogens with one attached hydrogen (secondary N) is 1. The Morgan fingerprint density at radius 1 is 1.40 bits per heavy atom. The van der Waals surface area contributed by atoms with Crippen LogP contribution in [0.1, 0.15) is 37.1 Å². The fourth-order valence-electron chi connectivity index (χ4n) is 1.82. The van der Waals surface area contributed by atoms with Gasteiger partial charge in [0.15, 0.2) is 11.5 Å². The zero-order chi connectivity index (χ0) is 14.7. The first-order chi connectivity index (χ1) is 9.52. The molecule has 0 fully saturated rings. The number of halogens is 1. The molecule has 104 valence electrons. The Morgan fingerprint density at radius 3 is 2.75 bits per heavy atom. The molecule has 0 aliphatic carbocycles. The minimum Gasteiger partial charge on any atom is -0.363 e. The Hall–Kier alpha value is -2.13. The van der Waals surface area contributed by atoms with E-state index < -0.39 is 0 Å². The molecule has 0 aliphatic rings. The van der Waals surface area contributed by atoms with Gasteiger partial charge in [0.1, 0.15) is 17.7 Å². The molecule has 20 heavy (non-hydrogen) atoms. The summed E-state index contributed by atoms with van der Waals surface area (Å²) in [5.74, 6) is 2.65. The van der Waals surface area contributed by atoms with Gasteiger partial charge in [0.2, 0.25) is 0 Å².